The molecule has 0 nitrogen and oxygen atoms in total. The summed E-state index contributed by atoms with van der Waals surface area (Å²) < 4.78 is 167. The predicted molar refractivity (Wildman–Crippen MR) is 152 cm³/mol. The predicted octanol–water partition coefficient (Wildman–Crippen LogP) is 6.38. The number of benzene rings is 4. The second kappa shape index (κ2) is 14.1. The van der Waals surface area contributed by atoms with Crippen LogP contribution >= 0.6 is 0 Å². The van der Waals surface area contributed by atoms with E-state index in [9.17, 15) is 52.7 Å². The molecule has 15 heteroatoms. The summed E-state index contributed by atoms with van der Waals surface area (Å²) in [5.74, 6) is -0.820. The minimum absolute atomic E-state index is 0. The molecule has 0 N–H and O–H groups in total. The molecular weight excluding hydrogens is 810 g/mol. The molecule has 0 saturated heterocycles. The minimum atomic E-state index is -5.17. The van der Waals surface area contributed by atoms with E-state index in [-0.39, 0.29) is 85.4 Å². The minimum Gasteiger partial charge on any atom is -1.00 e. The van der Waals surface area contributed by atoms with Crippen LogP contribution in [-0.2, 0) is 50.9 Å². The molecule has 0 spiro atoms. The van der Waals surface area contributed by atoms with Crippen LogP contribution in [0.25, 0.3) is 33.0 Å². The van der Waals surface area contributed by atoms with Gasteiger partial charge >= 0.3 is 50.9 Å². The number of halogens is 14. The van der Waals surface area contributed by atoms with Crippen molar-refractivity contribution >= 4 is 21.9 Å². The first-order valence-electron chi connectivity index (χ1n) is 13.9. The van der Waals surface area contributed by atoms with Crippen LogP contribution in [0.2, 0.25) is 0 Å². The average molecular weight is 830 g/mol. The van der Waals surface area contributed by atoms with Gasteiger partial charge in [0.15, 0.2) is 0 Å². The maximum Gasteiger partial charge on any atom is 3.00 e. The molecule has 0 aliphatic heterocycles. The summed E-state index contributed by atoms with van der Waals surface area (Å²) in [6, 6.07) is 16.1. The molecule has 261 valence electrons. The molecule has 1 aliphatic carbocycles. The Morgan fingerprint density at radius 3 is 1.44 bits per heavy atom. The van der Waals surface area contributed by atoms with E-state index in [2.05, 4.69) is 0 Å². The maximum atomic E-state index is 13.9. The molecule has 1 radical (unpaired) electrons. The van der Waals surface area contributed by atoms with Crippen LogP contribution in [0, 0.1) is 0 Å². The van der Waals surface area contributed by atoms with Crippen molar-refractivity contribution in [1.29, 1.82) is 0 Å². The summed E-state index contributed by atoms with van der Waals surface area (Å²) in [7, 11) is 0. The number of alkyl halides is 12. The first kappa shape index (κ1) is 41.3. The quantitative estimate of drug-likeness (QED) is 0.147. The zero-order valence-electron chi connectivity index (χ0n) is 25.0. The molecule has 1 unspecified atom stereocenters. The number of allylic oxidation sites excluding steroid dienone is 1. The summed E-state index contributed by atoms with van der Waals surface area (Å²) in [4.78, 5) is 0. The van der Waals surface area contributed by atoms with Crippen molar-refractivity contribution < 1.29 is 104 Å². The molecule has 0 amide bonds. The summed E-state index contributed by atoms with van der Waals surface area (Å²) in [6.45, 7) is 1.56. The van der Waals surface area contributed by atoms with Gasteiger partial charge in [0.05, 0.1) is 11.1 Å². The summed E-state index contributed by atoms with van der Waals surface area (Å²) in [5, 5.41) is 0.709. The van der Waals surface area contributed by atoms with E-state index in [4.69, 9.17) is 0 Å². The van der Waals surface area contributed by atoms with Gasteiger partial charge in [0.2, 0.25) is 0 Å². The Bertz CT molecular complexity index is 2000. The number of hydrogen-bond acceptors (Lipinski definition) is 0. The normalized spacial score (nSPS) is 14.9. The van der Waals surface area contributed by atoms with Crippen molar-refractivity contribution in [3.05, 3.63) is 136 Å². The van der Waals surface area contributed by atoms with Crippen molar-refractivity contribution in [2.75, 3.05) is 0 Å². The smallest absolute Gasteiger partial charge is 1.00 e. The Morgan fingerprint density at radius 2 is 0.960 bits per heavy atom. The van der Waals surface area contributed by atoms with Crippen LogP contribution in [0.3, 0.4) is 0 Å². The van der Waals surface area contributed by atoms with Gasteiger partial charge in [0.1, 0.15) is 0 Å². The van der Waals surface area contributed by atoms with Crippen molar-refractivity contribution in [1.82, 2.24) is 0 Å². The summed E-state index contributed by atoms with van der Waals surface area (Å²) >= 11 is 0. The molecule has 0 bridgehead atoms. The van der Waals surface area contributed by atoms with E-state index < -0.39 is 64.0 Å². The van der Waals surface area contributed by atoms with Crippen LogP contribution in [0.1, 0.15) is 57.3 Å². The van der Waals surface area contributed by atoms with Gasteiger partial charge in [-0.15, -0.1) is 34.0 Å². The third-order valence-corrected chi connectivity index (χ3v) is 8.25. The van der Waals surface area contributed by atoms with Gasteiger partial charge in [-0.05, 0) is 52.1 Å². The Labute approximate surface area is 308 Å². The van der Waals surface area contributed by atoms with Crippen molar-refractivity contribution in [3.63, 3.8) is 0 Å². The van der Waals surface area contributed by atoms with Crippen molar-refractivity contribution in [2.45, 2.75) is 37.5 Å². The molecule has 50 heavy (non-hydrogen) atoms. The van der Waals surface area contributed by atoms with E-state index in [0.29, 0.717) is 46.2 Å². The van der Waals surface area contributed by atoms with Crippen LogP contribution in [0.4, 0.5) is 52.7 Å². The fraction of sp³-hybridized carbons (Fsp3) is 0.171. The van der Waals surface area contributed by atoms with Gasteiger partial charge in [0.25, 0.3) is 0 Å². The van der Waals surface area contributed by atoms with Crippen LogP contribution < -0.4 is 24.8 Å². The van der Waals surface area contributed by atoms with E-state index in [1.54, 1.807) is 49.4 Å². The first-order valence-corrected chi connectivity index (χ1v) is 13.9. The first-order chi connectivity index (χ1) is 21.7. The van der Waals surface area contributed by atoms with E-state index in [1.165, 1.54) is 12.1 Å². The van der Waals surface area contributed by atoms with Gasteiger partial charge in [-0.1, -0.05) is 67.1 Å². The molecule has 0 aromatic heterocycles. The molecule has 5 aromatic rings. The third-order valence-electron chi connectivity index (χ3n) is 8.25. The third kappa shape index (κ3) is 7.55. The van der Waals surface area contributed by atoms with Gasteiger partial charge < -0.3 is 24.8 Å². The van der Waals surface area contributed by atoms with E-state index in [1.807, 2.05) is 0 Å². The second-order valence-electron chi connectivity index (χ2n) is 11.2. The molecule has 1 aliphatic rings. The molecule has 5 aromatic carbocycles. The average Bonchev–Trinajstić information content (AvgIpc) is 3.50. The van der Waals surface area contributed by atoms with Gasteiger partial charge in [-0.25, -0.2) is 0 Å². The second-order valence-corrected chi connectivity index (χ2v) is 11.2. The maximum absolute atomic E-state index is 13.9. The molecule has 0 heterocycles. The topological polar surface area (TPSA) is 0 Å². The van der Waals surface area contributed by atoms with Gasteiger partial charge in [-0.2, -0.15) is 52.7 Å². The Morgan fingerprint density at radius 1 is 0.540 bits per heavy atom. The van der Waals surface area contributed by atoms with Crippen molar-refractivity contribution in [2.24, 2.45) is 0 Å². The Hall–Kier alpha value is -3.15. The molecule has 0 fully saturated rings. The number of rotatable bonds is 3. The Balaban J connectivity index is 0.00000225. The van der Waals surface area contributed by atoms with Crippen LogP contribution in [0.5, 0.6) is 0 Å². The number of fused-ring (bicyclic) bond motifs is 2. The SMILES string of the molecule is CC1C(c2cc(C(F)(F)F)cc(C(F)(F)F)c2)=C(c2c(-c3cc(C(F)(F)F)cc(C(F)(F)F)c3)[cH-]c3ccccc23)c2ccccc21.[Cl-].[Cl-].[Zr+3]. The van der Waals surface area contributed by atoms with E-state index >= 15 is 0 Å². The zero-order valence-corrected chi connectivity index (χ0v) is 29.0. The summed E-state index contributed by atoms with van der Waals surface area (Å²) in [5.41, 5.74) is -6.30. The Kier molecular flexibility index (Phi) is 11.6. The molecular formula is C35H19Cl2F12Zr. The van der Waals surface area contributed by atoms with Crippen molar-refractivity contribution in [3.8, 4) is 11.1 Å². The summed E-state index contributed by atoms with van der Waals surface area (Å²) in [6.07, 6.45) is -20.7. The van der Waals surface area contributed by atoms with Crippen LogP contribution in [-0.4, -0.2) is 0 Å². The molecule has 1 atom stereocenters. The fourth-order valence-corrected chi connectivity index (χ4v) is 6.22. The molecule has 0 saturated carbocycles. The monoisotopic (exact) mass is 827 g/mol. The standard InChI is InChI=1S/C35H19F12.2ClH.Zr/c1-17-25-7-4-5-9-27(25)31(29(17)20-12-23(34(42,43)44)16-24(13-20)35(45,46)47)30-26-8-3-2-6-18(26)14-28(30)19-10-21(32(36,37)38)15-22(11-19)33(39,40)41;;;/h2-17H,1H3;2*1H;/q-1;;;+3/p-2. The molecule has 6 rings (SSSR count). The largest absolute Gasteiger partial charge is 3.00 e. The zero-order chi connectivity index (χ0) is 34.3. The van der Waals surface area contributed by atoms with Gasteiger partial charge in [0, 0.05) is 17.0 Å². The fourth-order valence-electron chi connectivity index (χ4n) is 6.22. The van der Waals surface area contributed by atoms with Crippen LogP contribution in [0.15, 0.2) is 91.0 Å². The van der Waals surface area contributed by atoms with E-state index in [0.717, 1.165) is 0 Å². The number of hydrogen-bond donors (Lipinski definition) is 0. The van der Waals surface area contributed by atoms with Gasteiger partial charge in [-0.3, -0.25) is 0 Å².